The fraction of sp³-hybridized carbons (Fsp3) is 0.333. The third kappa shape index (κ3) is 3.59. The third-order valence-corrected chi connectivity index (χ3v) is 5.40. The second-order valence-electron chi connectivity index (χ2n) is 6.01. The molecule has 2 aromatic rings. The summed E-state index contributed by atoms with van der Waals surface area (Å²) in [6.07, 6.45) is 2.08. The van der Waals surface area contributed by atoms with Gasteiger partial charge in [0.1, 0.15) is 0 Å². The summed E-state index contributed by atoms with van der Waals surface area (Å²) < 4.78 is 0. The van der Waals surface area contributed by atoms with E-state index >= 15 is 0 Å². The molecule has 0 radical (unpaired) electrons. The highest BCUT2D eigenvalue weighted by Gasteiger charge is 2.19. The van der Waals surface area contributed by atoms with Crippen LogP contribution in [0.25, 0.3) is 0 Å². The molecule has 0 fully saturated rings. The number of carbonyl (C=O) groups is 2. The highest BCUT2D eigenvalue weighted by atomic mass is 32.1. The maximum absolute atomic E-state index is 12.2. The van der Waals surface area contributed by atoms with E-state index in [-0.39, 0.29) is 18.4 Å². The van der Waals surface area contributed by atoms with E-state index in [1.54, 1.807) is 0 Å². The fourth-order valence-corrected chi connectivity index (χ4v) is 3.79. The molecule has 1 aliphatic rings. The van der Waals surface area contributed by atoms with Crippen molar-refractivity contribution in [3.05, 3.63) is 51.2 Å². The minimum atomic E-state index is -0.274. The molecule has 2 amide bonds. The fourth-order valence-electron chi connectivity index (χ4n) is 2.86. The predicted molar refractivity (Wildman–Crippen MR) is 96.4 cm³/mol. The minimum absolute atomic E-state index is 0.218. The molecule has 3 rings (SSSR count). The molecule has 1 aromatic heterocycles. The quantitative estimate of drug-likeness (QED) is 0.842. The van der Waals surface area contributed by atoms with Gasteiger partial charge in [0, 0.05) is 17.1 Å². The molecule has 0 unspecified atom stereocenters. The Morgan fingerprint density at radius 1 is 1.21 bits per heavy atom. The van der Waals surface area contributed by atoms with Crippen LogP contribution in [0.3, 0.4) is 0 Å². The second kappa shape index (κ2) is 7.05. The number of hydrogen-bond donors (Lipinski definition) is 2. The number of hydrogen-bond acceptors (Lipinski definition) is 4. The van der Waals surface area contributed by atoms with Gasteiger partial charge in [-0.1, -0.05) is 18.2 Å². The lowest BCUT2D eigenvalue weighted by Crippen LogP contribution is -2.47. The van der Waals surface area contributed by atoms with Gasteiger partial charge in [-0.3, -0.25) is 20.4 Å². The first-order valence-corrected chi connectivity index (χ1v) is 8.85. The number of hydrazine groups is 1. The molecular weight excluding hydrogens is 322 g/mol. The summed E-state index contributed by atoms with van der Waals surface area (Å²) >= 11 is 1.43. The zero-order valence-corrected chi connectivity index (χ0v) is 14.7. The average Bonchev–Trinajstić information content (AvgIpc) is 2.92. The number of fused-ring (bicyclic) bond motifs is 1. The molecule has 0 aliphatic carbocycles. The van der Waals surface area contributed by atoms with Crippen molar-refractivity contribution in [3.8, 4) is 0 Å². The van der Waals surface area contributed by atoms with Crippen LogP contribution in [0.4, 0.5) is 5.69 Å². The number of para-hydroxylation sites is 1. The minimum Gasteiger partial charge on any atom is -0.362 e. The van der Waals surface area contributed by atoms with Gasteiger partial charge in [-0.15, -0.1) is 11.3 Å². The van der Waals surface area contributed by atoms with Gasteiger partial charge in [0.15, 0.2) is 0 Å². The molecule has 0 atom stereocenters. The summed E-state index contributed by atoms with van der Waals surface area (Å²) in [5.41, 5.74) is 8.47. The Labute approximate surface area is 145 Å². The molecule has 0 saturated carbocycles. The Balaban J connectivity index is 1.56. The van der Waals surface area contributed by atoms with Crippen LogP contribution in [-0.2, 0) is 11.2 Å². The summed E-state index contributed by atoms with van der Waals surface area (Å²) in [7, 11) is 0. The lowest BCUT2D eigenvalue weighted by atomic mass is 10.0. The molecule has 2 N–H and O–H groups in total. The summed E-state index contributed by atoms with van der Waals surface area (Å²) in [6, 6.07) is 9.98. The smallest absolute Gasteiger partial charge is 0.279 e. The Kier molecular flexibility index (Phi) is 4.85. The maximum atomic E-state index is 12.2. The number of anilines is 1. The number of amides is 2. The number of carbonyl (C=O) groups excluding carboxylic acids is 2. The van der Waals surface area contributed by atoms with Crippen LogP contribution in [0.15, 0.2) is 30.3 Å². The molecule has 6 heteroatoms. The number of rotatable bonds is 3. The number of aryl methyl sites for hydroxylation is 3. The van der Waals surface area contributed by atoms with E-state index in [0.29, 0.717) is 4.88 Å². The third-order valence-electron chi connectivity index (χ3n) is 4.25. The number of nitrogens with one attached hydrogen (secondary N) is 2. The Bertz CT molecular complexity index is 750. The molecule has 5 nitrogen and oxygen atoms in total. The molecule has 126 valence electrons. The van der Waals surface area contributed by atoms with Crippen molar-refractivity contribution in [1.29, 1.82) is 0 Å². The van der Waals surface area contributed by atoms with Crippen molar-refractivity contribution < 1.29 is 9.59 Å². The van der Waals surface area contributed by atoms with E-state index in [1.165, 1.54) is 16.9 Å². The van der Waals surface area contributed by atoms with Gasteiger partial charge in [-0.25, -0.2) is 0 Å². The molecule has 2 heterocycles. The predicted octanol–water partition coefficient (Wildman–Crippen LogP) is 2.58. The Morgan fingerprint density at radius 3 is 2.75 bits per heavy atom. The first-order valence-electron chi connectivity index (χ1n) is 8.03. The zero-order valence-electron chi connectivity index (χ0n) is 13.9. The van der Waals surface area contributed by atoms with Gasteiger partial charge in [-0.05, 0) is 49.9 Å². The van der Waals surface area contributed by atoms with E-state index in [1.807, 2.05) is 38.1 Å². The lowest BCUT2D eigenvalue weighted by Gasteiger charge is -2.30. The van der Waals surface area contributed by atoms with Crippen LogP contribution in [0.5, 0.6) is 0 Å². The molecule has 0 bridgehead atoms. The van der Waals surface area contributed by atoms with Gasteiger partial charge in [-0.2, -0.15) is 0 Å². The first kappa shape index (κ1) is 16.5. The maximum Gasteiger partial charge on any atom is 0.279 e. The Hall–Kier alpha value is -2.34. The largest absolute Gasteiger partial charge is 0.362 e. The van der Waals surface area contributed by atoms with Gasteiger partial charge in [0.25, 0.3) is 11.8 Å². The first-order chi connectivity index (χ1) is 11.5. The molecular formula is C18H21N3O2S. The second-order valence-corrected chi connectivity index (χ2v) is 7.26. The van der Waals surface area contributed by atoms with Gasteiger partial charge in [0.2, 0.25) is 0 Å². The van der Waals surface area contributed by atoms with Crippen molar-refractivity contribution in [3.63, 3.8) is 0 Å². The molecule has 0 spiro atoms. The lowest BCUT2D eigenvalue weighted by molar-refractivity contribution is -0.120. The van der Waals surface area contributed by atoms with Crippen LogP contribution in [0, 0.1) is 13.8 Å². The SMILES string of the molecule is Cc1cc(C(=O)NNC(=O)CN2CCCc3ccccc32)sc1C. The van der Waals surface area contributed by atoms with E-state index in [9.17, 15) is 9.59 Å². The van der Waals surface area contributed by atoms with Crippen molar-refractivity contribution in [2.75, 3.05) is 18.0 Å². The van der Waals surface area contributed by atoms with E-state index < -0.39 is 0 Å². The molecule has 0 saturated heterocycles. The summed E-state index contributed by atoms with van der Waals surface area (Å²) in [6.45, 7) is 5.03. The van der Waals surface area contributed by atoms with Crippen molar-refractivity contribution in [2.24, 2.45) is 0 Å². The average molecular weight is 343 g/mol. The van der Waals surface area contributed by atoms with Crippen molar-refractivity contribution >= 4 is 28.8 Å². The standard InChI is InChI=1S/C18H21N3O2S/c1-12-10-16(24-13(12)2)18(23)20-19-17(22)11-21-9-5-7-14-6-3-4-8-15(14)21/h3-4,6,8,10H,5,7,9,11H2,1-2H3,(H,19,22)(H,20,23). The normalized spacial score (nSPS) is 13.3. The van der Waals surface area contributed by atoms with Crippen LogP contribution < -0.4 is 15.8 Å². The van der Waals surface area contributed by atoms with Gasteiger partial charge >= 0.3 is 0 Å². The van der Waals surface area contributed by atoms with Crippen LogP contribution in [0.2, 0.25) is 0 Å². The molecule has 1 aromatic carbocycles. The summed E-state index contributed by atoms with van der Waals surface area (Å²) in [5.74, 6) is -0.492. The summed E-state index contributed by atoms with van der Waals surface area (Å²) in [5, 5.41) is 0. The van der Waals surface area contributed by atoms with Gasteiger partial charge in [0.05, 0.1) is 11.4 Å². The van der Waals surface area contributed by atoms with Crippen molar-refractivity contribution in [2.45, 2.75) is 26.7 Å². The van der Waals surface area contributed by atoms with Crippen molar-refractivity contribution in [1.82, 2.24) is 10.9 Å². The number of nitrogens with zero attached hydrogens (tertiary/aromatic N) is 1. The van der Waals surface area contributed by atoms with E-state index in [0.717, 1.165) is 35.5 Å². The monoisotopic (exact) mass is 343 g/mol. The molecule has 1 aliphatic heterocycles. The highest BCUT2D eigenvalue weighted by molar-refractivity contribution is 7.14. The zero-order chi connectivity index (χ0) is 17.1. The van der Waals surface area contributed by atoms with E-state index in [4.69, 9.17) is 0 Å². The topological polar surface area (TPSA) is 61.4 Å². The molecule has 24 heavy (non-hydrogen) atoms. The van der Waals surface area contributed by atoms with Crippen LogP contribution in [-0.4, -0.2) is 24.9 Å². The number of thiophene rings is 1. The van der Waals surface area contributed by atoms with Crippen LogP contribution in [0.1, 0.15) is 32.1 Å². The van der Waals surface area contributed by atoms with Crippen LogP contribution >= 0.6 is 11.3 Å². The van der Waals surface area contributed by atoms with E-state index in [2.05, 4.69) is 21.8 Å². The highest BCUT2D eigenvalue weighted by Crippen LogP contribution is 2.26. The van der Waals surface area contributed by atoms with Gasteiger partial charge < -0.3 is 4.90 Å². The summed E-state index contributed by atoms with van der Waals surface area (Å²) in [4.78, 5) is 28.0. The number of benzene rings is 1. The Morgan fingerprint density at radius 2 is 2.00 bits per heavy atom.